The minimum atomic E-state index is -0.186. The van der Waals surface area contributed by atoms with Crippen molar-refractivity contribution in [3.05, 3.63) is 67.2 Å². The average Bonchev–Trinajstić information content (AvgIpc) is 2.96. The van der Waals surface area contributed by atoms with Gasteiger partial charge >= 0.3 is 0 Å². The minimum absolute atomic E-state index is 0.140. The molecule has 3 rings (SSSR count). The summed E-state index contributed by atoms with van der Waals surface area (Å²) in [5.74, 6) is -0.186. The number of nitrogens with one attached hydrogen (secondary N) is 2. The number of hydrogen-bond donors (Lipinski definition) is 2. The third-order valence-electron chi connectivity index (χ3n) is 5.11. The second kappa shape index (κ2) is 7.95. The smallest absolute Gasteiger partial charge is 0.253 e. The predicted octanol–water partition coefficient (Wildman–Crippen LogP) is 4.78. The third-order valence-corrected chi connectivity index (χ3v) is 5.57. The first-order valence-electron chi connectivity index (χ1n) is 9.53. The number of benzene rings is 1. The molecule has 0 radical (unpaired) electrons. The molecule has 3 aromatic rings. The fourth-order valence-corrected chi connectivity index (χ4v) is 4.06. The topological polar surface area (TPSA) is 66.9 Å². The first-order chi connectivity index (χ1) is 13.2. The van der Waals surface area contributed by atoms with Gasteiger partial charge in [0, 0.05) is 39.9 Å². The van der Waals surface area contributed by atoms with E-state index in [-0.39, 0.29) is 18.0 Å². The molecule has 1 aromatic carbocycles. The van der Waals surface area contributed by atoms with Crippen LogP contribution in [0.4, 0.5) is 0 Å². The molecule has 2 N–H and O–H groups in total. The number of amides is 1. The molecule has 1 amide bonds. The van der Waals surface area contributed by atoms with Crippen molar-refractivity contribution >= 4 is 32.7 Å². The largest absolute Gasteiger partial charge is 0.348 e. The summed E-state index contributed by atoms with van der Waals surface area (Å²) in [6.45, 7) is 10.4. The van der Waals surface area contributed by atoms with Crippen molar-refractivity contribution in [3.63, 3.8) is 0 Å². The molecular weight excluding hydrogens is 418 g/mol. The highest BCUT2D eigenvalue weighted by atomic mass is 79.9. The highest BCUT2D eigenvalue weighted by molar-refractivity contribution is 9.10. The van der Waals surface area contributed by atoms with E-state index in [1.165, 1.54) is 0 Å². The molecule has 2 aromatic heterocycles. The van der Waals surface area contributed by atoms with Crippen LogP contribution < -0.4 is 10.9 Å². The maximum absolute atomic E-state index is 13.0. The number of pyridine rings is 1. The molecule has 6 heteroatoms. The summed E-state index contributed by atoms with van der Waals surface area (Å²) >= 11 is 3.53. The van der Waals surface area contributed by atoms with E-state index in [0.29, 0.717) is 17.2 Å². The van der Waals surface area contributed by atoms with Crippen LogP contribution in [0.5, 0.6) is 0 Å². The monoisotopic (exact) mass is 443 g/mol. The maximum atomic E-state index is 13.0. The molecule has 148 valence electrons. The molecule has 0 bridgehead atoms. The van der Waals surface area contributed by atoms with Gasteiger partial charge in [-0.25, -0.2) is 0 Å². The molecule has 0 fully saturated rings. The van der Waals surface area contributed by atoms with Crippen molar-refractivity contribution in [1.82, 2.24) is 14.9 Å². The Bertz CT molecular complexity index is 1110. The number of H-pyrrole nitrogens is 1. The van der Waals surface area contributed by atoms with Crippen LogP contribution in [0.1, 0.15) is 59.6 Å². The maximum Gasteiger partial charge on any atom is 0.253 e. The van der Waals surface area contributed by atoms with E-state index in [2.05, 4.69) is 50.8 Å². The van der Waals surface area contributed by atoms with Crippen LogP contribution in [-0.4, -0.2) is 15.5 Å². The fourth-order valence-electron chi connectivity index (χ4n) is 3.62. The zero-order valence-corrected chi connectivity index (χ0v) is 18.5. The Balaban J connectivity index is 1.96. The van der Waals surface area contributed by atoms with E-state index < -0.39 is 0 Å². The highest BCUT2D eigenvalue weighted by Crippen LogP contribution is 2.30. The van der Waals surface area contributed by atoms with Gasteiger partial charge in [-0.3, -0.25) is 9.59 Å². The van der Waals surface area contributed by atoms with Crippen LogP contribution in [0.25, 0.3) is 10.9 Å². The van der Waals surface area contributed by atoms with Gasteiger partial charge in [-0.05, 0) is 63.4 Å². The lowest BCUT2D eigenvalue weighted by molar-refractivity contribution is 0.0952. The van der Waals surface area contributed by atoms with Gasteiger partial charge in [-0.1, -0.05) is 22.9 Å². The van der Waals surface area contributed by atoms with Gasteiger partial charge in [0.15, 0.2) is 0 Å². The van der Waals surface area contributed by atoms with Crippen molar-refractivity contribution in [2.24, 2.45) is 0 Å². The van der Waals surface area contributed by atoms with Crippen LogP contribution >= 0.6 is 15.9 Å². The van der Waals surface area contributed by atoms with Crippen molar-refractivity contribution in [3.8, 4) is 0 Å². The first kappa shape index (κ1) is 20.4. The van der Waals surface area contributed by atoms with Crippen LogP contribution in [-0.2, 0) is 13.0 Å². The third kappa shape index (κ3) is 3.78. The summed E-state index contributed by atoms with van der Waals surface area (Å²) in [5, 5.41) is 3.88. The number of nitrogens with zero attached hydrogens (tertiary/aromatic N) is 1. The highest BCUT2D eigenvalue weighted by Gasteiger charge is 2.18. The summed E-state index contributed by atoms with van der Waals surface area (Å²) < 4.78 is 3.02. The van der Waals surface area contributed by atoms with Gasteiger partial charge in [0.25, 0.3) is 11.5 Å². The summed E-state index contributed by atoms with van der Waals surface area (Å²) in [6, 6.07) is 6.14. The van der Waals surface area contributed by atoms with Crippen LogP contribution in [0, 0.1) is 13.8 Å². The van der Waals surface area contributed by atoms with Crippen molar-refractivity contribution in [2.75, 3.05) is 0 Å². The predicted molar refractivity (Wildman–Crippen MR) is 117 cm³/mol. The zero-order chi connectivity index (χ0) is 20.6. The number of aromatic nitrogens is 2. The summed E-state index contributed by atoms with van der Waals surface area (Å²) in [7, 11) is 0. The Labute approximate surface area is 173 Å². The van der Waals surface area contributed by atoms with E-state index in [9.17, 15) is 9.59 Å². The van der Waals surface area contributed by atoms with Crippen molar-refractivity contribution in [1.29, 1.82) is 0 Å². The molecule has 0 unspecified atom stereocenters. The van der Waals surface area contributed by atoms with Crippen LogP contribution in [0.15, 0.2) is 33.7 Å². The molecule has 28 heavy (non-hydrogen) atoms. The van der Waals surface area contributed by atoms with Gasteiger partial charge < -0.3 is 14.9 Å². The molecule has 0 aliphatic rings. The van der Waals surface area contributed by atoms with Gasteiger partial charge in [-0.15, -0.1) is 0 Å². The Hall–Kier alpha value is -2.34. The van der Waals surface area contributed by atoms with Gasteiger partial charge in [-0.2, -0.15) is 0 Å². The van der Waals surface area contributed by atoms with E-state index in [1.54, 1.807) is 0 Å². The number of halogens is 1. The number of aromatic amines is 1. The lowest BCUT2D eigenvalue weighted by Gasteiger charge is -2.12. The van der Waals surface area contributed by atoms with Crippen LogP contribution in [0.2, 0.25) is 0 Å². The summed E-state index contributed by atoms with van der Waals surface area (Å²) in [6.07, 6.45) is 2.85. The number of carbonyl (C=O) groups is 1. The lowest BCUT2D eigenvalue weighted by Crippen LogP contribution is -2.28. The molecule has 2 heterocycles. The SMILES string of the molecule is CCc1cc(C)c(CNC(=O)c2cc(Br)cc3c2c(C)cn3C(C)C)c(=O)[nH]1. The van der Waals surface area contributed by atoms with E-state index in [0.717, 1.165) is 38.6 Å². The molecule has 0 saturated carbocycles. The van der Waals surface area contributed by atoms with E-state index >= 15 is 0 Å². The average molecular weight is 444 g/mol. The molecule has 0 aliphatic carbocycles. The molecule has 0 atom stereocenters. The summed E-state index contributed by atoms with van der Waals surface area (Å²) in [4.78, 5) is 28.2. The van der Waals surface area contributed by atoms with Crippen molar-refractivity contribution in [2.45, 2.75) is 53.6 Å². The van der Waals surface area contributed by atoms with Gasteiger partial charge in [0.1, 0.15) is 0 Å². The molecule has 0 spiro atoms. The van der Waals surface area contributed by atoms with E-state index in [4.69, 9.17) is 0 Å². The number of hydrogen-bond acceptors (Lipinski definition) is 2. The molecule has 0 aliphatic heterocycles. The number of carbonyl (C=O) groups excluding carboxylic acids is 1. The molecule has 5 nitrogen and oxygen atoms in total. The summed E-state index contributed by atoms with van der Waals surface area (Å²) in [5.41, 5.74) is 4.93. The Kier molecular flexibility index (Phi) is 5.79. The standard InChI is InChI=1S/C22H26BrN3O2/c1-6-16-7-13(4)18(22(28)25-16)10-24-21(27)17-8-15(23)9-19-20(17)14(5)11-26(19)12(2)3/h7-9,11-12H,6,10H2,1-5H3,(H,24,27)(H,25,28). The number of rotatable bonds is 5. The van der Waals surface area contributed by atoms with Gasteiger partial charge in [0.2, 0.25) is 0 Å². The minimum Gasteiger partial charge on any atom is -0.348 e. The zero-order valence-electron chi connectivity index (χ0n) is 16.9. The normalized spacial score (nSPS) is 11.4. The van der Waals surface area contributed by atoms with Crippen molar-refractivity contribution < 1.29 is 4.79 Å². The molecule has 0 saturated heterocycles. The Morgan fingerprint density at radius 2 is 1.93 bits per heavy atom. The second-order valence-electron chi connectivity index (χ2n) is 7.48. The van der Waals surface area contributed by atoms with Gasteiger partial charge in [0.05, 0.1) is 11.1 Å². The number of aryl methyl sites for hydroxylation is 3. The first-order valence-corrected chi connectivity index (χ1v) is 10.3. The van der Waals surface area contributed by atoms with E-state index in [1.807, 2.05) is 39.0 Å². The second-order valence-corrected chi connectivity index (χ2v) is 8.40. The lowest BCUT2D eigenvalue weighted by atomic mass is 10.1. The number of fused-ring (bicyclic) bond motifs is 1. The van der Waals surface area contributed by atoms with Crippen LogP contribution in [0.3, 0.4) is 0 Å². The Morgan fingerprint density at radius 3 is 2.54 bits per heavy atom. The molecular formula is C22H26BrN3O2. The Morgan fingerprint density at radius 1 is 1.21 bits per heavy atom. The quantitative estimate of drug-likeness (QED) is 0.595. The fraction of sp³-hybridized carbons (Fsp3) is 0.364.